The summed E-state index contributed by atoms with van der Waals surface area (Å²) in [5, 5.41) is 5.68. The topological polar surface area (TPSA) is 51.2 Å². The van der Waals surface area contributed by atoms with Gasteiger partial charge in [-0.05, 0) is 25.1 Å². The summed E-state index contributed by atoms with van der Waals surface area (Å²) < 4.78 is 6.03. The number of hydrogen-bond acceptors (Lipinski definition) is 5. The van der Waals surface area contributed by atoms with Crippen LogP contribution >= 0.6 is 27.3 Å². The van der Waals surface area contributed by atoms with Gasteiger partial charge in [-0.15, -0.1) is 11.3 Å². The number of anilines is 1. The average Bonchev–Trinajstić information content (AvgIpc) is 2.90. The maximum atomic E-state index is 12.0. The Balaban J connectivity index is 2.21. The van der Waals surface area contributed by atoms with Gasteiger partial charge in [-0.1, -0.05) is 22.0 Å². The monoisotopic (exact) mass is 340 g/mol. The van der Waals surface area contributed by atoms with Crippen molar-refractivity contribution in [3.05, 3.63) is 45.3 Å². The molecule has 1 aromatic heterocycles. The molecule has 0 fully saturated rings. The van der Waals surface area contributed by atoms with E-state index in [-0.39, 0.29) is 5.97 Å². The minimum absolute atomic E-state index is 0.322. The van der Waals surface area contributed by atoms with Crippen molar-refractivity contribution in [1.29, 1.82) is 0 Å². The highest BCUT2D eigenvalue weighted by Gasteiger charge is 2.24. The molecule has 19 heavy (non-hydrogen) atoms. The maximum Gasteiger partial charge on any atom is 0.335 e. The van der Waals surface area contributed by atoms with Crippen LogP contribution in [0.4, 0.5) is 5.69 Å². The summed E-state index contributed by atoms with van der Waals surface area (Å²) in [6.45, 7) is 2.14. The number of carbonyl (C=O) groups excluding carboxylic acids is 1. The number of benzene rings is 1. The molecule has 0 radical (unpaired) electrons. The number of esters is 1. The number of nitrogens with one attached hydrogen (secondary N) is 1. The molecule has 1 N–H and O–H groups in total. The molecule has 1 heterocycles. The van der Waals surface area contributed by atoms with E-state index in [0.717, 1.165) is 10.2 Å². The number of nitrogens with zero attached hydrogens (tertiary/aromatic N) is 1. The molecule has 0 saturated heterocycles. The molecule has 1 atom stereocenters. The Labute approximate surface area is 124 Å². The van der Waals surface area contributed by atoms with Crippen LogP contribution in [-0.4, -0.2) is 17.6 Å². The van der Waals surface area contributed by atoms with Crippen LogP contribution in [-0.2, 0) is 9.53 Å². The predicted molar refractivity (Wildman–Crippen MR) is 79.3 cm³/mol. The van der Waals surface area contributed by atoms with Gasteiger partial charge < -0.3 is 10.1 Å². The molecule has 0 aliphatic heterocycles. The predicted octanol–water partition coefficient (Wildman–Crippen LogP) is 3.62. The lowest BCUT2D eigenvalue weighted by Gasteiger charge is -2.16. The van der Waals surface area contributed by atoms with Crippen molar-refractivity contribution < 1.29 is 9.53 Å². The molecule has 0 aliphatic carbocycles. The van der Waals surface area contributed by atoms with Crippen LogP contribution in [0.1, 0.15) is 18.0 Å². The van der Waals surface area contributed by atoms with Gasteiger partial charge in [0.25, 0.3) is 0 Å². The summed E-state index contributed by atoms with van der Waals surface area (Å²) in [5.41, 5.74) is 0.836. The number of thiazole rings is 1. The normalized spacial score (nSPS) is 11.9. The third-order valence-corrected chi connectivity index (χ3v) is 3.69. The average molecular weight is 341 g/mol. The zero-order valence-electron chi connectivity index (χ0n) is 10.3. The molecule has 0 saturated carbocycles. The van der Waals surface area contributed by atoms with E-state index < -0.39 is 6.04 Å². The van der Waals surface area contributed by atoms with Gasteiger partial charge in [-0.3, -0.25) is 0 Å². The van der Waals surface area contributed by atoms with E-state index >= 15 is 0 Å². The summed E-state index contributed by atoms with van der Waals surface area (Å²) in [7, 11) is 0. The number of ether oxygens (including phenoxy) is 1. The zero-order chi connectivity index (χ0) is 13.7. The fourth-order valence-electron chi connectivity index (χ4n) is 1.57. The smallest absolute Gasteiger partial charge is 0.335 e. The zero-order valence-corrected chi connectivity index (χ0v) is 12.7. The standard InChI is InChI=1S/C13H13BrN2O2S/c1-2-18-13(17)11(12-15-6-7-19-12)16-10-5-3-4-9(14)8-10/h3-8,11,16H,2H2,1H3. The van der Waals surface area contributed by atoms with E-state index in [4.69, 9.17) is 4.74 Å². The highest BCUT2D eigenvalue weighted by molar-refractivity contribution is 9.10. The van der Waals surface area contributed by atoms with Gasteiger partial charge in [-0.25, -0.2) is 9.78 Å². The van der Waals surface area contributed by atoms with E-state index in [2.05, 4.69) is 26.2 Å². The van der Waals surface area contributed by atoms with Gasteiger partial charge in [0.1, 0.15) is 5.01 Å². The second-order valence-corrected chi connectivity index (χ2v) is 5.55. The Morgan fingerprint density at radius 3 is 3.05 bits per heavy atom. The largest absolute Gasteiger partial charge is 0.464 e. The van der Waals surface area contributed by atoms with Crippen molar-refractivity contribution in [2.75, 3.05) is 11.9 Å². The van der Waals surface area contributed by atoms with Gasteiger partial charge in [0.15, 0.2) is 6.04 Å². The van der Waals surface area contributed by atoms with Crippen LogP contribution in [0.2, 0.25) is 0 Å². The lowest BCUT2D eigenvalue weighted by Crippen LogP contribution is -2.23. The van der Waals surface area contributed by atoms with Crippen molar-refractivity contribution in [3.63, 3.8) is 0 Å². The minimum Gasteiger partial charge on any atom is -0.464 e. The highest BCUT2D eigenvalue weighted by Crippen LogP contribution is 2.24. The third-order valence-electron chi connectivity index (χ3n) is 2.36. The first-order valence-electron chi connectivity index (χ1n) is 5.79. The first kappa shape index (κ1) is 14.0. The van der Waals surface area contributed by atoms with Crippen LogP contribution < -0.4 is 5.32 Å². The van der Waals surface area contributed by atoms with E-state index in [1.807, 2.05) is 29.6 Å². The number of hydrogen-bond donors (Lipinski definition) is 1. The maximum absolute atomic E-state index is 12.0. The molecule has 2 aromatic rings. The van der Waals surface area contributed by atoms with Crippen molar-refractivity contribution in [3.8, 4) is 0 Å². The molecule has 0 aliphatic rings. The summed E-state index contributed by atoms with van der Waals surface area (Å²) in [6.07, 6.45) is 1.68. The van der Waals surface area contributed by atoms with Gasteiger partial charge in [0.05, 0.1) is 6.61 Å². The second kappa shape index (κ2) is 6.68. The fourth-order valence-corrected chi connectivity index (χ4v) is 2.64. The molecular formula is C13H13BrN2O2S. The number of aromatic nitrogens is 1. The molecule has 4 nitrogen and oxygen atoms in total. The van der Waals surface area contributed by atoms with Crippen molar-refractivity contribution in [1.82, 2.24) is 4.98 Å². The first-order chi connectivity index (χ1) is 9.20. The van der Waals surface area contributed by atoms with Crippen LogP contribution in [0.25, 0.3) is 0 Å². The van der Waals surface area contributed by atoms with Crippen LogP contribution in [0, 0.1) is 0 Å². The first-order valence-corrected chi connectivity index (χ1v) is 7.46. The third kappa shape index (κ3) is 3.78. The van der Waals surface area contributed by atoms with Crippen LogP contribution in [0.3, 0.4) is 0 Å². The van der Waals surface area contributed by atoms with E-state index in [9.17, 15) is 4.79 Å². The Morgan fingerprint density at radius 1 is 1.58 bits per heavy atom. The SMILES string of the molecule is CCOC(=O)C(Nc1cccc(Br)c1)c1nccs1. The minimum atomic E-state index is -0.575. The second-order valence-electron chi connectivity index (χ2n) is 3.71. The summed E-state index contributed by atoms with van der Waals surface area (Å²) in [6, 6.07) is 7.05. The molecule has 0 spiro atoms. The molecule has 6 heteroatoms. The number of rotatable bonds is 5. The quantitative estimate of drug-likeness (QED) is 0.844. The summed E-state index contributed by atoms with van der Waals surface area (Å²) >= 11 is 4.82. The number of carbonyl (C=O) groups is 1. The lowest BCUT2D eigenvalue weighted by molar-refractivity contribution is -0.144. The van der Waals surface area contributed by atoms with Gasteiger partial charge >= 0.3 is 5.97 Å². The molecular weight excluding hydrogens is 328 g/mol. The van der Waals surface area contributed by atoms with E-state index in [1.54, 1.807) is 13.1 Å². The Morgan fingerprint density at radius 2 is 2.42 bits per heavy atom. The van der Waals surface area contributed by atoms with Gasteiger partial charge in [0.2, 0.25) is 0 Å². The Hall–Kier alpha value is -1.40. The summed E-state index contributed by atoms with van der Waals surface area (Å²) in [4.78, 5) is 16.2. The molecule has 1 unspecified atom stereocenters. The van der Waals surface area contributed by atoms with Crippen LogP contribution in [0.5, 0.6) is 0 Å². The molecule has 2 rings (SSSR count). The van der Waals surface area contributed by atoms with Gasteiger partial charge in [0, 0.05) is 21.7 Å². The highest BCUT2D eigenvalue weighted by atomic mass is 79.9. The van der Waals surface area contributed by atoms with Gasteiger partial charge in [-0.2, -0.15) is 0 Å². The molecule has 100 valence electrons. The van der Waals surface area contributed by atoms with E-state index in [0.29, 0.717) is 11.6 Å². The lowest BCUT2D eigenvalue weighted by atomic mass is 10.2. The molecule has 0 amide bonds. The van der Waals surface area contributed by atoms with Crippen molar-refractivity contribution in [2.45, 2.75) is 13.0 Å². The molecule has 1 aromatic carbocycles. The molecule has 0 bridgehead atoms. The summed E-state index contributed by atoms with van der Waals surface area (Å²) in [5.74, 6) is -0.322. The van der Waals surface area contributed by atoms with Crippen molar-refractivity contribution >= 4 is 38.9 Å². The Kier molecular flexibility index (Phi) is 4.93. The van der Waals surface area contributed by atoms with E-state index in [1.165, 1.54) is 11.3 Å². The Bertz CT molecular complexity index is 545. The fraction of sp³-hybridized carbons (Fsp3) is 0.231. The number of halogens is 1. The van der Waals surface area contributed by atoms with Crippen LogP contribution in [0.15, 0.2) is 40.3 Å². The van der Waals surface area contributed by atoms with Crippen molar-refractivity contribution in [2.24, 2.45) is 0 Å².